The molecule has 0 aliphatic carbocycles. The molecule has 0 saturated carbocycles. The van der Waals surface area contributed by atoms with E-state index in [4.69, 9.17) is 23.2 Å². The molecule has 0 radical (unpaired) electrons. The highest BCUT2D eigenvalue weighted by Gasteiger charge is 2.13. The van der Waals surface area contributed by atoms with E-state index in [1.807, 2.05) is 48.0 Å². The molecule has 6 nitrogen and oxygen atoms in total. The van der Waals surface area contributed by atoms with Gasteiger partial charge in [0.15, 0.2) is 10.3 Å². The molecule has 2 heterocycles. The van der Waals surface area contributed by atoms with E-state index in [9.17, 15) is 4.79 Å². The average Bonchev–Trinajstić information content (AvgIpc) is 3.31. The normalized spacial score (nSPS) is 11.2. The molecular formula is C20H17Cl2N5OS3. The fourth-order valence-corrected chi connectivity index (χ4v) is 5.87. The smallest absolute Gasteiger partial charge is 0.236 e. The van der Waals surface area contributed by atoms with Crippen molar-refractivity contribution in [2.24, 2.45) is 7.05 Å². The van der Waals surface area contributed by atoms with E-state index < -0.39 is 0 Å². The van der Waals surface area contributed by atoms with Gasteiger partial charge in [0.25, 0.3) is 0 Å². The first-order valence-electron chi connectivity index (χ1n) is 9.18. The summed E-state index contributed by atoms with van der Waals surface area (Å²) in [4.78, 5) is 16.7. The Hall–Kier alpha value is -1.78. The number of carbonyl (C=O) groups excluding carboxylic acids is 1. The molecule has 4 aromatic rings. The van der Waals surface area contributed by atoms with Gasteiger partial charge in [0.05, 0.1) is 21.7 Å². The highest BCUT2D eigenvalue weighted by molar-refractivity contribution is 7.99. The Balaban J connectivity index is 1.28. The molecule has 0 aliphatic rings. The van der Waals surface area contributed by atoms with Gasteiger partial charge in [0.2, 0.25) is 5.91 Å². The molecular weight excluding hydrogens is 493 g/mol. The van der Waals surface area contributed by atoms with Crippen LogP contribution in [0.3, 0.4) is 0 Å². The largest absolute Gasteiger partial charge is 0.308 e. The molecule has 0 fully saturated rings. The number of halogens is 2. The molecule has 31 heavy (non-hydrogen) atoms. The lowest BCUT2D eigenvalue weighted by Crippen LogP contribution is -2.14. The third-order valence-electron chi connectivity index (χ3n) is 4.30. The average molecular weight is 510 g/mol. The molecule has 0 atom stereocenters. The highest BCUT2D eigenvalue weighted by atomic mass is 35.5. The molecule has 0 spiro atoms. The highest BCUT2D eigenvalue weighted by Crippen LogP contribution is 2.27. The van der Waals surface area contributed by atoms with Crippen LogP contribution in [0.2, 0.25) is 10.0 Å². The first-order valence-corrected chi connectivity index (χ1v) is 12.9. The van der Waals surface area contributed by atoms with Crippen molar-refractivity contribution >= 4 is 79.3 Å². The lowest BCUT2D eigenvalue weighted by Gasteiger charge is -2.06. The zero-order valence-electron chi connectivity index (χ0n) is 16.3. The van der Waals surface area contributed by atoms with E-state index in [1.54, 1.807) is 17.8 Å². The molecule has 0 aliphatic heterocycles. The summed E-state index contributed by atoms with van der Waals surface area (Å²) in [7, 11) is 1.90. The third kappa shape index (κ3) is 5.72. The molecule has 0 saturated heterocycles. The second-order valence-corrected chi connectivity index (χ2v) is 10.3. The first-order chi connectivity index (χ1) is 15.0. The maximum atomic E-state index is 12.3. The van der Waals surface area contributed by atoms with Crippen molar-refractivity contribution in [3.63, 3.8) is 0 Å². The van der Waals surface area contributed by atoms with E-state index in [-0.39, 0.29) is 11.7 Å². The van der Waals surface area contributed by atoms with Crippen LogP contribution in [0, 0.1) is 0 Å². The molecule has 4 rings (SSSR count). The number of para-hydroxylation sites is 1. The Morgan fingerprint density at radius 1 is 1.16 bits per heavy atom. The molecule has 1 amide bonds. The van der Waals surface area contributed by atoms with Crippen LogP contribution in [0.5, 0.6) is 0 Å². The minimum atomic E-state index is -0.125. The predicted octanol–water partition coefficient (Wildman–Crippen LogP) is 5.90. The van der Waals surface area contributed by atoms with Crippen LogP contribution in [-0.4, -0.2) is 31.4 Å². The lowest BCUT2D eigenvalue weighted by molar-refractivity contribution is -0.113. The Morgan fingerprint density at radius 3 is 2.81 bits per heavy atom. The topological polar surface area (TPSA) is 72.7 Å². The van der Waals surface area contributed by atoms with Crippen LogP contribution in [0.15, 0.2) is 47.6 Å². The molecule has 160 valence electrons. The Bertz CT molecular complexity index is 1190. The van der Waals surface area contributed by atoms with Crippen LogP contribution in [0.1, 0.15) is 11.4 Å². The fourth-order valence-electron chi connectivity index (χ4n) is 2.70. The van der Waals surface area contributed by atoms with Gasteiger partial charge in [-0.25, -0.2) is 4.98 Å². The number of carbonyl (C=O) groups is 1. The van der Waals surface area contributed by atoms with Crippen molar-refractivity contribution in [3.8, 4) is 0 Å². The van der Waals surface area contributed by atoms with Crippen molar-refractivity contribution in [1.82, 2.24) is 19.7 Å². The summed E-state index contributed by atoms with van der Waals surface area (Å²) in [5, 5.41) is 13.9. The van der Waals surface area contributed by atoms with Gasteiger partial charge in [-0.2, -0.15) is 0 Å². The number of amides is 1. The molecule has 0 bridgehead atoms. The van der Waals surface area contributed by atoms with Crippen molar-refractivity contribution in [3.05, 3.63) is 63.9 Å². The summed E-state index contributed by atoms with van der Waals surface area (Å²) in [6.45, 7) is 0. The SMILES string of the molecule is Cn1c(CSCc2ccc(Cl)cc2Cl)nnc1SCC(=O)Nc1nc2ccccc2s1. The molecule has 0 unspecified atom stereocenters. The van der Waals surface area contributed by atoms with Gasteiger partial charge in [-0.3, -0.25) is 4.79 Å². The maximum absolute atomic E-state index is 12.3. The summed E-state index contributed by atoms with van der Waals surface area (Å²) in [5.41, 5.74) is 1.91. The van der Waals surface area contributed by atoms with Crippen LogP contribution < -0.4 is 5.32 Å². The standard InChI is InChI=1S/C20H17Cl2N5OS3/c1-27-17(10-29-9-12-6-7-13(21)8-14(12)22)25-26-20(27)30-11-18(28)24-19-23-15-4-2-3-5-16(15)31-19/h2-8H,9-11H2,1H3,(H,23,24,28). The van der Waals surface area contributed by atoms with Crippen molar-refractivity contribution in [2.45, 2.75) is 16.7 Å². The number of thiazole rings is 1. The van der Waals surface area contributed by atoms with Gasteiger partial charge in [0.1, 0.15) is 5.82 Å². The zero-order valence-corrected chi connectivity index (χ0v) is 20.3. The minimum absolute atomic E-state index is 0.125. The van der Waals surface area contributed by atoms with Crippen molar-refractivity contribution < 1.29 is 4.79 Å². The maximum Gasteiger partial charge on any atom is 0.236 e. The second kappa shape index (κ2) is 10.2. The third-order valence-corrected chi connectivity index (χ3v) is 7.84. The van der Waals surface area contributed by atoms with Crippen molar-refractivity contribution in [1.29, 1.82) is 0 Å². The Morgan fingerprint density at radius 2 is 2.00 bits per heavy atom. The van der Waals surface area contributed by atoms with Gasteiger partial charge in [-0.05, 0) is 29.8 Å². The monoisotopic (exact) mass is 509 g/mol. The van der Waals surface area contributed by atoms with Crippen LogP contribution in [0.25, 0.3) is 10.2 Å². The van der Waals surface area contributed by atoms with E-state index in [0.29, 0.717) is 26.1 Å². The van der Waals surface area contributed by atoms with E-state index in [2.05, 4.69) is 20.5 Å². The van der Waals surface area contributed by atoms with E-state index >= 15 is 0 Å². The number of hydrogen-bond donors (Lipinski definition) is 1. The Kier molecular flexibility index (Phi) is 7.39. The first kappa shape index (κ1) is 22.4. The number of nitrogens with one attached hydrogen (secondary N) is 1. The number of nitrogens with zero attached hydrogens (tertiary/aromatic N) is 4. The lowest BCUT2D eigenvalue weighted by atomic mass is 10.2. The van der Waals surface area contributed by atoms with E-state index in [0.717, 1.165) is 27.4 Å². The van der Waals surface area contributed by atoms with Crippen molar-refractivity contribution in [2.75, 3.05) is 11.1 Å². The summed E-state index contributed by atoms with van der Waals surface area (Å²) < 4.78 is 2.95. The number of anilines is 1. The quantitative estimate of drug-likeness (QED) is 0.298. The number of aromatic nitrogens is 4. The number of hydrogen-bond acceptors (Lipinski definition) is 7. The van der Waals surface area contributed by atoms with Crippen LogP contribution in [-0.2, 0) is 23.3 Å². The van der Waals surface area contributed by atoms with Gasteiger partial charge >= 0.3 is 0 Å². The second-order valence-electron chi connectivity index (χ2n) is 6.51. The number of rotatable bonds is 8. The van der Waals surface area contributed by atoms with E-state index in [1.165, 1.54) is 23.1 Å². The number of benzene rings is 2. The predicted molar refractivity (Wildman–Crippen MR) is 131 cm³/mol. The minimum Gasteiger partial charge on any atom is -0.308 e. The Labute approximate surface area is 201 Å². The van der Waals surface area contributed by atoms with Crippen LogP contribution in [0.4, 0.5) is 5.13 Å². The summed E-state index contributed by atoms with van der Waals surface area (Å²) >= 11 is 16.7. The summed E-state index contributed by atoms with van der Waals surface area (Å²) in [6, 6.07) is 13.3. The van der Waals surface area contributed by atoms with Gasteiger partial charge in [-0.1, -0.05) is 64.5 Å². The molecule has 1 N–H and O–H groups in total. The van der Waals surface area contributed by atoms with Gasteiger partial charge in [-0.15, -0.1) is 22.0 Å². The fraction of sp³-hybridized carbons (Fsp3) is 0.200. The van der Waals surface area contributed by atoms with Gasteiger partial charge < -0.3 is 9.88 Å². The van der Waals surface area contributed by atoms with Crippen LogP contribution >= 0.6 is 58.1 Å². The molecule has 2 aromatic carbocycles. The summed E-state index contributed by atoms with van der Waals surface area (Å²) in [6.07, 6.45) is 0. The summed E-state index contributed by atoms with van der Waals surface area (Å²) in [5.74, 6) is 2.37. The number of fused-ring (bicyclic) bond motifs is 1. The molecule has 2 aromatic heterocycles. The number of thioether (sulfide) groups is 2. The van der Waals surface area contributed by atoms with Gasteiger partial charge in [0, 0.05) is 22.8 Å². The zero-order chi connectivity index (χ0) is 21.8. The molecule has 11 heteroatoms.